The third-order valence-corrected chi connectivity index (χ3v) is 11.2. The van der Waals surface area contributed by atoms with Crippen molar-refractivity contribution in [1.29, 1.82) is 0 Å². The normalized spacial score (nSPS) is 12.0. The summed E-state index contributed by atoms with van der Waals surface area (Å²) in [4.78, 5) is 10.6. The Morgan fingerprint density at radius 1 is 0.482 bits per heavy atom. The van der Waals surface area contributed by atoms with Gasteiger partial charge in [-0.2, -0.15) is 0 Å². The Morgan fingerprint density at radius 3 is 1.82 bits per heavy atom. The fourth-order valence-corrected chi connectivity index (χ4v) is 8.90. The minimum Gasteiger partial charge on any atom is -0.310 e. The SMILES string of the molecule is C=C/C=C\c1c(C)c2c3c4ccccc4n(-c4cccc5c4c4ccccc4n5-c4nc(-c5ccccc5)c5ccccc5n4)c3ccc2n1-c1ccccc1. The molecule has 56 heavy (non-hydrogen) atoms. The molecule has 0 unspecified atom stereocenters. The lowest BCUT2D eigenvalue weighted by atomic mass is 10.0. The Balaban J connectivity index is 1.24. The Labute approximate surface area is 323 Å². The van der Waals surface area contributed by atoms with E-state index in [4.69, 9.17) is 9.97 Å². The van der Waals surface area contributed by atoms with Crippen LogP contribution in [0.2, 0.25) is 0 Å². The lowest BCUT2D eigenvalue weighted by Gasteiger charge is -2.13. The smallest absolute Gasteiger partial charge is 0.235 e. The number of aromatic nitrogens is 5. The van der Waals surface area contributed by atoms with Gasteiger partial charge in [-0.3, -0.25) is 4.57 Å². The predicted molar refractivity (Wildman–Crippen MR) is 234 cm³/mol. The standard InChI is InChI=1S/C51H35N5/c1-3-4-26-40-33(2)47-45(54(40)35-20-9-6-10-21-35)31-32-46-49(47)38-24-13-15-27-41(38)55(46)43-29-17-30-44-48(43)37-23-12-16-28-42(37)56(44)51-52-39-25-14-11-22-36(39)50(53-51)34-18-7-5-8-19-34/h3-32H,1H2,2H3/b26-4-. The van der Waals surface area contributed by atoms with Gasteiger partial charge in [0.05, 0.1) is 44.5 Å². The molecule has 0 aliphatic heterocycles. The highest BCUT2D eigenvalue weighted by Crippen LogP contribution is 2.44. The first-order valence-corrected chi connectivity index (χ1v) is 19.0. The molecular formula is C51H35N5. The van der Waals surface area contributed by atoms with Gasteiger partial charge in [0.25, 0.3) is 0 Å². The number of rotatable bonds is 6. The van der Waals surface area contributed by atoms with Crippen molar-refractivity contribution in [1.82, 2.24) is 23.7 Å². The lowest BCUT2D eigenvalue weighted by molar-refractivity contribution is 1.01. The summed E-state index contributed by atoms with van der Waals surface area (Å²) in [5.41, 5.74) is 13.1. The van der Waals surface area contributed by atoms with Crippen molar-refractivity contribution in [3.63, 3.8) is 0 Å². The van der Waals surface area contributed by atoms with Crippen LogP contribution < -0.4 is 0 Å². The molecule has 0 N–H and O–H groups in total. The molecule has 11 rings (SSSR count). The quantitative estimate of drug-likeness (QED) is 0.161. The molecule has 0 atom stereocenters. The molecule has 0 amide bonds. The van der Waals surface area contributed by atoms with Crippen LogP contribution in [0, 0.1) is 6.92 Å². The number of fused-ring (bicyclic) bond motifs is 9. The highest BCUT2D eigenvalue weighted by atomic mass is 15.2. The van der Waals surface area contributed by atoms with E-state index in [2.05, 4.69) is 185 Å². The fraction of sp³-hybridized carbons (Fsp3) is 0.0196. The van der Waals surface area contributed by atoms with E-state index in [0.717, 1.165) is 72.1 Å². The van der Waals surface area contributed by atoms with Gasteiger partial charge >= 0.3 is 0 Å². The fourth-order valence-electron chi connectivity index (χ4n) is 8.90. The molecule has 0 fully saturated rings. The van der Waals surface area contributed by atoms with E-state index in [-0.39, 0.29) is 0 Å². The third kappa shape index (κ3) is 4.61. The molecule has 4 aromatic heterocycles. The van der Waals surface area contributed by atoms with Crippen molar-refractivity contribution in [2.45, 2.75) is 6.92 Å². The van der Waals surface area contributed by atoms with Crippen LogP contribution in [0.25, 0.3) is 100 Å². The Morgan fingerprint density at radius 2 is 1.07 bits per heavy atom. The largest absolute Gasteiger partial charge is 0.310 e. The average Bonchev–Trinajstić information content (AvgIpc) is 3.88. The number of benzene rings is 7. The highest BCUT2D eigenvalue weighted by molar-refractivity contribution is 6.24. The number of hydrogen-bond donors (Lipinski definition) is 0. The summed E-state index contributed by atoms with van der Waals surface area (Å²) in [5.74, 6) is 0.646. The Kier molecular flexibility index (Phi) is 7.16. The van der Waals surface area contributed by atoms with Gasteiger partial charge in [-0.05, 0) is 73.2 Å². The molecule has 5 nitrogen and oxygen atoms in total. The van der Waals surface area contributed by atoms with Crippen molar-refractivity contribution >= 4 is 71.5 Å². The van der Waals surface area contributed by atoms with Gasteiger partial charge in [0.1, 0.15) is 0 Å². The van der Waals surface area contributed by atoms with Crippen molar-refractivity contribution in [2.24, 2.45) is 0 Å². The van der Waals surface area contributed by atoms with Gasteiger partial charge in [-0.25, -0.2) is 9.97 Å². The van der Waals surface area contributed by atoms with Gasteiger partial charge in [0.15, 0.2) is 0 Å². The molecule has 0 radical (unpaired) electrons. The first-order valence-electron chi connectivity index (χ1n) is 19.0. The van der Waals surface area contributed by atoms with Gasteiger partial charge < -0.3 is 9.13 Å². The molecule has 0 aliphatic rings. The maximum atomic E-state index is 5.34. The minimum atomic E-state index is 0.646. The molecule has 0 saturated heterocycles. The second kappa shape index (κ2) is 12.5. The summed E-state index contributed by atoms with van der Waals surface area (Å²) in [6.45, 7) is 6.23. The Hall–Kier alpha value is -7.50. The second-order valence-electron chi connectivity index (χ2n) is 14.3. The molecule has 5 heteroatoms. The molecule has 7 aromatic carbocycles. The van der Waals surface area contributed by atoms with E-state index >= 15 is 0 Å². The van der Waals surface area contributed by atoms with Crippen molar-refractivity contribution in [2.75, 3.05) is 0 Å². The zero-order valence-electron chi connectivity index (χ0n) is 30.8. The van der Waals surface area contributed by atoms with E-state index in [1.807, 2.05) is 24.3 Å². The van der Waals surface area contributed by atoms with Crippen LogP contribution in [0.4, 0.5) is 0 Å². The molecule has 0 bridgehead atoms. The molecular weight excluding hydrogens is 683 g/mol. The van der Waals surface area contributed by atoms with Gasteiger partial charge in [0.2, 0.25) is 5.95 Å². The molecule has 11 aromatic rings. The minimum absolute atomic E-state index is 0.646. The van der Waals surface area contributed by atoms with Gasteiger partial charge in [-0.15, -0.1) is 0 Å². The molecule has 4 heterocycles. The van der Waals surface area contributed by atoms with E-state index < -0.39 is 0 Å². The van der Waals surface area contributed by atoms with Crippen LogP contribution >= 0.6 is 0 Å². The predicted octanol–water partition coefficient (Wildman–Crippen LogP) is 12.9. The number of hydrogen-bond acceptors (Lipinski definition) is 2. The average molecular weight is 718 g/mol. The topological polar surface area (TPSA) is 40.6 Å². The molecule has 0 aliphatic carbocycles. The second-order valence-corrected chi connectivity index (χ2v) is 14.3. The lowest BCUT2D eigenvalue weighted by Crippen LogP contribution is -2.03. The van der Waals surface area contributed by atoms with Crippen LogP contribution in [-0.4, -0.2) is 23.7 Å². The zero-order valence-corrected chi connectivity index (χ0v) is 30.8. The van der Waals surface area contributed by atoms with Crippen LogP contribution in [0.15, 0.2) is 183 Å². The van der Waals surface area contributed by atoms with Crippen LogP contribution in [0.5, 0.6) is 0 Å². The van der Waals surface area contributed by atoms with Gasteiger partial charge in [-0.1, -0.05) is 128 Å². The third-order valence-electron chi connectivity index (χ3n) is 11.2. The number of para-hydroxylation sites is 4. The Bertz CT molecular complexity index is 3380. The highest BCUT2D eigenvalue weighted by Gasteiger charge is 2.24. The summed E-state index contributed by atoms with van der Waals surface area (Å²) in [6.07, 6.45) is 6.05. The van der Waals surface area contributed by atoms with E-state index in [1.54, 1.807) is 0 Å². The van der Waals surface area contributed by atoms with E-state index in [1.165, 1.54) is 27.2 Å². The van der Waals surface area contributed by atoms with Crippen molar-refractivity contribution in [3.05, 3.63) is 194 Å². The molecule has 0 saturated carbocycles. The summed E-state index contributed by atoms with van der Waals surface area (Å²) < 4.78 is 7.07. The summed E-state index contributed by atoms with van der Waals surface area (Å²) in [6, 6.07) is 58.0. The van der Waals surface area contributed by atoms with Crippen LogP contribution in [-0.2, 0) is 0 Å². The van der Waals surface area contributed by atoms with Crippen LogP contribution in [0.1, 0.15) is 11.3 Å². The van der Waals surface area contributed by atoms with Crippen molar-refractivity contribution in [3.8, 4) is 28.6 Å². The van der Waals surface area contributed by atoms with Crippen molar-refractivity contribution < 1.29 is 0 Å². The zero-order chi connectivity index (χ0) is 37.3. The van der Waals surface area contributed by atoms with Crippen LogP contribution in [0.3, 0.4) is 0 Å². The first kappa shape index (κ1) is 32.0. The summed E-state index contributed by atoms with van der Waals surface area (Å²) >= 11 is 0. The first-order chi connectivity index (χ1) is 27.7. The maximum absolute atomic E-state index is 5.34. The monoisotopic (exact) mass is 717 g/mol. The van der Waals surface area contributed by atoms with E-state index in [0.29, 0.717) is 5.95 Å². The molecule has 264 valence electrons. The number of nitrogens with zero attached hydrogens (tertiary/aromatic N) is 5. The van der Waals surface area contributed by atoms with E-state index in [9.17, 15) is 0 Å². The maximum Gasteiger partial charge on any atom is 0.235 e. The summed E-state index contributed by atoms with van der Waals surface area (Å²) in [5, 5.41) is 7.03. The number of aryl methyl sites for hydroxylation is 1. The molecule has 0 spiro atoms. The van der Waals surface area contributed by atoms with Gasteiger partial charge in [0, 0.05) is 49.3 Å². The number of allylic oxidation sites excluding steroid dienone is 2. The summed E-state index contributed by atoms with van der Waals surface area (Å²) in [7, 11) is 0.